The lowest BCUT2D eigenvalue weighted by Gasteiger charge is -2.10. The molecule has 0 aliphatic heterocycles. The summed E-state index contributed by atoms with van der Waals surface area (Å²) in [6.07, 6.45) is 24.5. The van der Waals surface area contributed by atoms with Crippen molar-refractivity contribution in [3.05, 3.63) is 347 Å². The number of aromatic nitrogens is 13. The Balaban J connectivity index is 0.000000142. The minimum atomic E-state index is -1.12. The molecule has 0 aliphatic rings. The normalized spacial score (nSPS) is 11.2. The lowest BCUT2D eigenvalue weighted by Crippen LogP contribution is -2.24. The Hall–Kier alpha value is -18.4. The number of aromatic carboxylic acids is 1. The Bertz CT molecular complexity index is 7640. The van der Waals surface area contributed by atoms with Gasteiger partial charge in [0.05, 0.1) is 187 Å². The number of ether oxygens (including phenoxy) is 8. The van der Waals surface area contributed by atoms with Gasteiger partial charge in [0.2, 0.25) is 5.89 Å². The molecule has 18 aromatic rings. The van der Waals surface area contributed by atoms with Crippen molar-refractivity contribution in [3.8, 4) is 40.2 Å². The van der Waals surface area contributed by atoms with Crippen LogP contribution in [0.4, 0.5) is 35.1 Å². The second-order valence-electron chi connectivity index (χ2n) is 30.2. The largest absolute Gasteiger partial charge is 0.495 e. The van der Waals surface area contributed by atoms with Crippen LogP contribution < -0.4 is 49.1 Å². The van der Waals surface area contributed by atoms with Crippen LogP contribution >= 0.6 is 11.3 Å². The number of carbonyl (C=O) groups excluding carboxylic acids is 4. The monoisotopic (exact) mass is 1970 g/mol. The molecular formula is C103H84F8N16O15S. The van der Waals surface area contributed by atoms with Gasteiger partial charge in [-0.05, 0) is 209 Å². The number of H-pyrrole nitrogens is 5. The third kappa shape index (κ3) is 24.1. The quantitative estimate of drug-likeness (QED) is 0.0155. The SMILES string of the molecule is CCOC(=O)c1ccc2n[nH]c(/C=C/c3ccc(F)c(F)c3)c2c1OC.COc1c(C(=O)NCc2cnccn2)ccc2n[nH]c(/C=C/c3ccc(F)c(F)c3)c12.COc1c(C(=O)O)ccc2n[nH]c(/C=C/c3ccc(F)c(F)c3)c12.COc1cc(/C=C/c2[nH]nc3ccc(C(=O)NCc4ccsc4)c(OC)c23)ccc1F.COc1cc(/C=C/c2[nH]nc3ccc(C(=O)NCc4ncco4)c(OC)c23)ccc1F. The van der Waals surface area contributed by atoms with E-state index in [1.54, 1.807) is 176 Å². The van der Waals surface area contributed by atoms with Gasteiger partial charge < -0.3 is 63.4 Å². The van der Waals surface area contributed by atoms with E-state index in [0.29, 0.717) is 157 Å². The number of oxazole rings is 1. The Morgan fingerprint density at radius 1 is 0.371 bits per heavy atom. The fourth-order valence-corrected chi connectivity index (χ4v) is 15.2. The van der Waals surface area contributed by atoms with Gasteiger partial charge in [-0.1, -0.05) is 60.7 Å². The molecule has 3 amide bonds. The Morgan fingerprint density at radius 2 is 0.713 bits per heavy atom. The Kier molecular flexibility index (Phi) is 33.1. The Labute approximate surface area is 811 Å². The van der Waals surface area contributed by atoms with E-state index in [0.717, 1.165) is 53.1 Å². The second kappa shape index (κ2) is 47.1. The van der Waals surface area contributed by atoms with Gasteiger partial charge in [0.1, 0.15) is 46.1 Å². The van der Waals surface area contributed by atoms with Gasteiger partial charge in [-0.3, -0.25) is 49.8 Å². The standard InChI is InChI=1S/C23H20FN3O3S.C22H17F2N5O2.C22H19FN4O4.C19H16F2N2O3.C17H12F2N2O3/c1-29-20-11-14(3-6-17(20)24)4-7-18-21-19(27-26-18)8-5-16(22(21)30-2)23(28)25-12-15-9-10-31-13-15;1-31-21-15(22(30)27-12-14-11-25-8-9-26-14)4-7-19-20(21)18(28-29-19)6-3-13-2-5-16(23)17(24)10-13;1-29-18-11-13(3-6-15(18)23)4-7-16-20-17(27-26-16)8-5-14(21(20)30-2)22(28)25-12-19-24-9-10-31-19;1-3-26-19(24)12-6-9-16-17(18(12)25-2)15(22-23-16)8-5-11-4-7-13(20)14(21)10-11;1-24-16-10(17(22)23)4-7-14-15(16)13(20-21-14)6-3-9-2-5-11(18)12(19)8-9/h3-11,13H,12H2,1-2H3,(H,25,28)(H,26,27);2-11H,12H2,1H3,(H,27,30)(H,28,29);3-11H,12H2,1-2H3,(H,25,28)(H,26,27);4-10H,3H2,1-2H3,(H,22,23);2-8H,1H3,(H,20,21)(H,22,23)/b7-4+;6-3+;7-4+;8-5+;6-3+. The third-order valence-corrected chi connectivity index (χ3v) is 22.1. The van der Waals surface area contributed by atoms with Crippen LogP contribution in [0.2, 0.25) is 0 Å². The van der Waals surface area contributed by atoms with Crippen molar-refractivity contribution in [1.82, 2.24) is 81.9 Å². The molecule has 0 saturated carbocycles. The smallest absolute Gasteiger partial charge is 0.341 e. The summed E-state index contributed by atoms with van der Waals surface area (Å²) >= 11 is 1.58. The van der Waals surface area contributed by atoms with Crippen molar-refractivity contribution in [2.45, 2.75) is 26.6 Å². The number of fused-ring (bicyclic) bond motifs is 5. The number of aromatic amines is 5. The molecule has 9 N–H and O–H groups in total. The van der Waals surface area contributed by atoms with Crippen molar-refractivity contribution >= 4 is 156 Å². The van der Waals surface area contributed by atoms with Gasteiger partial charge >= 0.3 is 11.9 Å². The molecule has 8 aromatic heterocycles. The van der Waals surface area contributed by atoms with Crippen LogP contribution in [0.1, 0.15) is 132 Å². The van der Waals surface area contributed by atoms with Gasteiger partial charge in [0.15, 0.2) is 58.0 Å². The lowest BCUT2D eigenvalue weighted by molar-refractivity contribution is 0.0521. The number of amides is 3. The molecule has 0 unspecified atom stereocenters. The fourth-order valence-electron chi connectivity index (χ4n) is 14.5. The van der Waals surface area contributed by atoms with Crippen LogP contribution in [0.3, 0.4) is 0 Å². The molecule has 143 heavy (non-hydrogen) atoms. The molecule has 8 heterocycles. The van der Waals surface area contributed by atoms with Crippen molar-refractivity contribution in [3.63, 3.8) is 0 Å². The number of nitrogens with one attached hydrogen (secondary N) is 8. The number of benzene rings is 10. The zero-order valence-corrected chi connectivity index (χ0v) is 77.6. The number of carboxylic acid groups (broad SMARTS) is 1. The van der Waals surface area contributed by atoms with Crippen molar-refractivity contribution in [1.29, 1.82) is 0 Å². The minimum absolute atomic E-state index is 0.00822. The molecule has 0 aliphatic carbocycles. The maximum atomic E-state index is 13.6. The first-order chi connectivity index (χ1) is 69.3. The second-order valence-corrected chi connectivity index (χ2v) is 31.0. The van der Waals surface area contributed by atoms with Crippen LogP contribution in [0.25, 0.3) is 115 Å². The summed E-state index contributed by atoms with van der Waals surface area (Å²) in [7, 11) is 10.1. The topological polar surface area (TPSA) is 411 Å². The number of esters is 1. The number of nitrogens with zero attached hydrogens (tertiary/aromatic N) is 8. The van der Waals surface area contributed by atoms with Crippen LogP contribution in [0, 0.1) is 46.5 Å². The maximum Gasteiger partial charge on any atom is 0.341 e. The average molecular weight is 1970 g/mol. The zero-order valence-electron chi connectivity index (χ0n) is 76.8. The first-order valence-electron chi connectivity index (χ1n) is 42.9. The summed E-state index contributed by atoms with van der Waals surface area (Å²) in [5, 5.41) is 60.2. The number of halogens is 8. The van der Waals surface area contributed by atoms with Crippen molar-refractivity contribution in [2.75, 3.05) is 56.4 Å². The highest BCUT2D eigenvalue weighted by molar-refractivity contribution is 7.08. The summed E-state index contributed by atoms with van der Waals surface area (Å²) in [6.45, 7) is 2.76. The molecule has 728 valence electrons. The van der Waals surface area contributed by atoms with Gasteiger partial charge in [0, 0.05) is 18.9 Å². The predicted molar refractivity (Wildman–Crippen MR) is 522 cm³/mol. The minimum Gasteiger partial charge on any atom is -0.495 e. The highest BCUT2D eigenvalue weighted by Crippen LogP contribution is 2.39. The van der Waals surface area contributed by atoms with Gasteiger partial charge in [0.25, 0.3) is 17.7 Å². The molecular weight excluding hydrogens is 1890 g/mol. The first kappa shape index (κ1) is 101. The predicted octanol–water partition coefficient (Wildman–Crippen LogP) is 20.3. The molecule has 0 atom stereocenters. The number of carbonyl (C=O) groups is 5. The summed E-state index contributed by atoms with van der Waals surface area (Å²) in [4.78, 5) is 73.8. The molecule has 0 radical (unpaired) electrons. The molecule has 0 fully saturated rings. The Morgan fingerprint density at radius 3 is 1.03 bits per heavy atom. The van der Waals surface area contributed by atoms with E-state index < -0.39 is 58.5 Å². The van der Waals surface area contributed by atoms with Gasteiger partial charge in [-0.25, -0.2) is 49.7 Å². The van der Waals surface area contributed by atoms with E-state index >= 15 is 0 Å². The van der Waals surface area contributed by atoms with Crippen LogP contribution in [0.15, 0.2) is 204 Å². The van der Waals surface area contributed by atoms with Gasteiger partial charge in [-0.2, -0.15) is 36.8 Å². The highest BCUT2D eigenvalue weighted by Gasteiger charge is 2.26. The summed E-state index contributed by atoms with van der Waals surface area (Å²) in [6, 6.07) is 38.2. The zero-order chi connectivity index (χ0) is 101. The first-order valence-corrected chi connectivity index (χ1v) is 43.8. The third-order valence-electron chi connectivity index (χ3n) is 21.3. The average Bonchev–Trinajstić information content (AvgIpc) is 1.66. The van der Waals surface area contributed by atoms with E-state index in [1.165, 1.54) is 98.6 Å². The van der Waals surface area contributed by atoms with Crippen LogP contribution in [0.5, 0.6) is 40.2 Å². The van der Waals surface area contributed by atoms with Crippen LogP contribution in [-0.4, -0.2) is 157 Å². The molecule has 18 rings (SSSR count). The van der Waals surface area contributed by atoms with Crippen molar-refractivity contribution < 1.29 is 107 Å². The van der Waals surface area contributed by atoms with E-state index in [1.807, 2.05) is 16.8 Å². The van der Waals surface area contributed by atoms with E-state index in [-0.39, 0.29) is 65.8 Å². The number of hydrogen-bond donors (Lipinski definition) is 9. The van der Waals surface area contributed by atoms with E-state index in [4.69, 9.17) is 42.3 Å². The number of thiophene rings is 1. The summed E-state index contributed by atoms with van der Waals surface area (Å²) in [5.74, 6) is -6.56. The molecule has 40 heteroatoms. The highest BCUT2D eigenvalue weighted by atomic mass is 32.1. The number of rotatable bonds is 29. The number of hydrogen-bond acceptors (Lipinski definition) is 23. The fraction of sp³-hybridized carbons (Fsp3) is 0.117. The van der Waals surface area contributed by atoms with Crippen LogP contribution in [-0.2, 0) is 24.4 Å². The van der Waals surface area contributed by atoms with E-state index in [9.17, 15) is 64.2 Å². The molecule has 31 nitrogen and oxygen atoms in total. The molecule has 0 spiro atoms. The lowest BCUT2D eigenvalue weighted by atomic mass is 10.1. The number of methoxy groups -OCH3 is 7. The molecule has 0 bridgehead atoms. The molecule has 0 saturated heterocycles. The number of carboxylic acids is 1. The molecule has 10 aromatic carbocycles. The summed E-state index contributed by atoms with van der Waals surface area (Å²) in [5.41, 5.74) is 11.9. The van der Waals surface area contributed by atoms with E-state index in [2.05, 4.69) is 81.9 Å². The van der Waals surface area contributed by atoms with Gasteiger partial charge in [-0.15, -0.1) is 0 Å². The van der Waals surface area contributed by atoms with Crippen molar-refractivity contribution in [2.24, 2.45) is 0 Å². The maximum absolute atomic E-state index is 13.6. The summed E-state index contributed by atoms with van der Waals surface area (Å²) < 4.78 is 154.